The highest BCUT2D eigenvalue weighted by Gasteiger charge is 2.11. The van der Waals surface area contributed by atoms with Gasteiger partial charge in [0.05, 0.1) is 0 Å². The van der Waals surface area contributed by atoms with Gasteiger partial charge in [0, 0.05) is 12.0 Å². The molecule has 0 fully saturated rings. The molecule has 0 unspecified atom stereocenters. The molecule has 0 aliphatic heterocycles. The maximum Gasteiger partial charge on any atom is 0.162 e. The summed E-state index contributed by atoms with van der Waals surface area (Å²) in [5.41, 5.74) is 0. The fraction of sp³-hybridized carbons (Fsp3) is 0.200. The van der Waals surface area contributed by atoms with E-state index in [0.29, 0.717) is 6.73 Å². The van der Waals surface area contributed by atoms with Crippen molar-refractivity contribution < 1.29 is 4.74 Å². The molecular formula is C10H10BrN3OS. The summed E-state index contributed by atoms with van der Waals surface area (Å²) in [7, 11) is 1.63. The summed E-state index contributed by atoms with van der Waals surface area (Å²) >= 11 is 4.97. The van der Waals surface area contributed by atoms with Crippen molar-refractivity contribution in [2.75, 3.05) is 7.11 Å². The lowest BCUT2D eigenvalue weighted by Gasteiger charge is -2.04. The highest BCUT2D eigenvalue weighted by molar-refractivity contribution is 9.10. The predicted molar refractivity (Wildman–Crippen MR) is 65.3 cm³/mol. The molecule has 6 heteroatoms. The minimum absolute atomic E-state index is 0.397. The van der Waals surface area contributed by atoms with Gasteiger partial charge in [-0.05, 0) is 28.1 Å². The van der Waals surface area contributed by atoms with Gasteiger partial charge >= 0.3 is 0 Å². The standard InChI is InChI=1S/C10H10BrN3OS/c1-15-7-14-10(9(11)12-13-14)16-8-5-3-2-4-6-8/h2-6H,7H2,1H3. The Morgan fingerprint density at radius 1 is 1.38 bits per heavy atom. The minimum atomic E-state index is 0.397. The highest BCUT2D eigenvalue weighted by Crippen LogP contribution is 2.31. The molecule has 0 aliphatic rings. The van der Waals surface area contributed by atoms with Crippen LogP contribution in [0.1, 0.15) is 0 Å². The molecule has 0 aliphatic carbocycles. The van der Waals surface area contributed by atoms with Gasteiger partial charge in [-0.3, -0.25) is 0 Å². The van der Waals surface area contributed by atoms with Crippen molar-refractivity contribution in [1.82, 2.24) is 15.0 Å². The van der Waals surface area contributed by atoms with Gasteiger partial charge in [-0.25, -0.2) is 4.68 Å². The Balaban J connectivity index is 2.23. The second kappa shape index (κ2) is 5.47. The van der Waals surface area contributed by atoms with Crippen molar-refractivity contribution in [2.24, 2.45) is 0 Å². The zero-order valence-corrected chi connectivity index (χ0v) is 11.0. The van der Waals surface area contributed by atoms with Crippen LogP contribution < -0.4 is 0 Å². The first-order valence-electron chi connectivity index (χ1n) is 4.62. The van der Waals surface area contributed by atoms with E-state index in [1.807, 2.05) is 30.3 Å². The molecule has 1 aromatic heterocycles. The zero-order chi connectivity index (χ0) is 11.4. The Kier molecular flexibility index (Phi) is 3.98. The number of hydrogen-bond donors (Lipinski definition) is 0. The van der Waals surface area contributed by atoms with E-state index in [0.717, 1.165) is 14.5 Å². The second-order valence-electron chi connectivity index (χ2n) is 3.02. The van der Waals surface area contributed by atoms with Crippen molar-refractivity contribution in [3.63, 3.8) is 0 Å². The SMILES string of the molecule is COCn1nnc(Br)c1Sc1ccccc1. The molecule has 0 spiro atoms. The van der Waals surface area contributed by atoms with E-state index in [4.69, 9.17) is 4.74 Å². The first-order valence-corrected chi connectivity index (χ1v) is 6.23. The van der Waals surface area contributed by atoms with Crippen molar-refractivity contribution in [2.45, 2.75) is 16.7 Å². The van der Waals surface area contributed by atoms with Crippen LogP contribution in [0.2, 0.25) is 0 Å². The molecule has 0 N–H and O–H groups in total. The van der Waals surface area contributed by atoms with Crippen LogP contribution in [0.25, 0.3) is 0 Å². The number of halogens is 1. The van der Waals surface area contributed by atoms with Gasteiger partial charge in [0.15, 0.2) is 4.60 Å². The molecule has 0 amide bonds. The Morgan fingerprint density at radius 2 is 2.12 bits per heavy atom. The fourth-order valence-corrected chi connectivity index (χ4v) is 2.54. The first-order chi connectivity index (χ1) is 7.81. The van der Waals surface area contributed by atoms with Crippen LogP contribution in [0.15, 0.2) is 44.9 Å². The van der Waals surface area contributed by atoms with E-state index in [2.05, 4.69) is 26.2 Å². The Bertz CT molecular complexity index is 460. The molecule has 2 aromatic rings. The van der Waals surface area contributed by atoms with Crippen LogP contribution >= 0.6 is 27.7 Å². The number of rotatable bonds is 4. The first kappa shape index (κ1) is 11.6. The molecule has 1 aromatic carbocycles. The monoisotopic (exact) mass is 299 g/mol. The number of methoxy groups -OCH3 is 1. The summed E-state index contributed by atoms with van der Waals surface area (Å²) in [6.45, 7) is 0.397. The fourth-order valence-electron chi connectivity index (χ4n) is 1.18. The van der Waals surface area contributed by atoms with Crippen LogP contribution in [-0.2, 0) is 11.5 Å². The molecule has 2 rings (SSSR count). The summed E-state index contributed by atoms with van der Waals surface area (Å²) in [6.07, 6.45) is 0. The molecule has 16 heavy (non-hydrogen) atoms. The van der Waals surface area contributed by atoms with Crippen LogP contribution in [0.3, 0.4) is 0 Å². The molecule has 0 radical (unpaired) electrons. The maximum atomic E-state index is 5.05. The Hall–Kier alpha value is -0.850. The van der Waals surface area contributed by atoms with Gasteiger partial charge in [-0.1, -0.05) is 35.2 Å². The third kappa shape index (κ3) is 2.63. The normalized spacial score (nSPS) is 10.6. The van der Waals surface area contributed by atoms with E-state index in [-0.39, 0.29) is 0 Å². The van der Waals surface area contributed by atoms with Gasteiger partial charge in [0.2, 0.25) is 0 Å². The molecule has 4 nitrogen and oxygen atoms in total. The number of hydrogen-bond acceptors (Lipinski definition) is 4. The maximum absolute atomic E-state index is 5.05. The van der Waals surface area contributed by atoms with Crippen molar-refractivity contribution >= 4 is 27.7 Å². The highest BCUT2D eigenvalue weighted by atomic mass is 79.9. The van der Waals surface area contributed by atoms with Gasteiger partial charge in [0.25, 0.3) is 0 Å². The molecule has 84 valence electrons. The Labute approximate surface area is 106 Å². The van der Waals surface area contributed by atoms with Gasteiger partial charge in [0.1, 0.15) is 11.8 Å². The molecular weight excluding hydrogens is 290 g/mol. The smallest absolute Gasteiger partial charge is 0.162 e. The quantitative estimate of drug-likeness (QED) is 0.870. The summed E-state index contributed by atoms with van der Waals surface area (Å²) in [5, 5.41) is 8.87. The number of benzene rings is 1. The van der Waals surface area contributed by atoms with Crippen LogP contribution in [0.5, 0.6) is 0 Å². The predicted octanol–water partition coefficient (Wildman–Crippen LogP) is 2.80. The van der Waals surface area contributed by atoms with Crippen molar-refractivity contribution in [3.05, 3.63) is 34.9 Å². The van der Waals surface area contributed by atoms with E-state index in [1.54, 1.807) is 23.6 Å². The lowest BCUT2D eigenvalue weighted by Crippen LogP contribution is -2.03. The third-order valence-corrected chi connectivity index (χ3v) is 3.76. The van der Waals surface area contributed by atoms with Crippen molar-refractivity contribution in [1.29, 1.82) is 0 Å². The molecule has 0 saturated carbocycles. The summed E-state index contributed by atoms with van der Waals surface area (Å²) in [5.74, 6) is 0. The van der Waals surface area contributed by atoms with Gasteiger partial charge in [-0.15, -0.1) is 5.10 Å². The summed E-state index contributed by atoms with van der Waals surface area (Å²) < 4.78 is 7.49. The summed E-state index contributed by atoms with van der Waals surface area (Å²) in [6, 6.07) is 10.1. The van der Waals surface area contributed by atoms with Gasteiger partial charge in [-0.2, -0.15) is 0 Å². The second-order valence-corrected chi connectivity index (χ2v) is 4.83. The molecule has 0 atom stereocenters. The van der Waals surface area contributed by atoms with E-state index >= 15 is 0 Å². The van der Waals surface area contributed by atoms with Crippen LogP contribution in [0, 0.1) is 0 Å². The average Bonchev–Trinajstić information content (AvgIpc) is 2.64. The van der Waals surface area contributed by atoms with E-state index < -0.39 is 0 Å². The lowest BCUT2D eigenvalue weighted by molar-refractivity contribution is 0.112. The number of aromatic nitrogens is 3. The molecule has 1 heterocycles. The van der Waals surface area contributed by atoms with E-state index in [9.17, 15) is 0 Å². The van der Waals surface area contributed by atoms with Crippen LogP contribution in [-0.4, -0.2) is 22.1 Å². The lowest BCUT2D eigenvalue weighted by atomic mass is 10.4. The number of ether oxygens (including phenoxy) is 1. The topological polar surface area (TPSA) is 39.9 Å². The van der Waals surface area contributed by atoms with E-state index in [1.165, 1.54) is 0 Å². The van der Waals surface area contributed by atoms with Gasteiger partial charge < -0.3 is 4.74 Å². The summed E-state index contributed by atoms with van der Waals surface area (Å²) in [4.78, 5) is 1.14. The van der Waals surface area contributed by atoms with Crippen LogP contribution in [0.4, 0.5) is 0 Å². The third-order valence-electron chi connectivity index (χ3n) is 1.86. The number of nitrogens with zero attached hydrogens (tertiary/aromatic N) is 3. The molecule has 0 bridgehead atoms. The molecule has 0 saturated heterocycles. The Morgan fingerprint density at radius 3 is 2.81 bits per heavy atom. The minimum Gasteiger partial charge on any atom is -0.362 e. The average molecular weight is 300 g/mol. The largest absolute Gasteiger partial charge is 0.362 e. The zero-order valence-electron chi connectivity index (χ0n) is 8.63. The van der Waals surface area contributed by atoms with Crippen molar-refractivity contribution in [3.8, 4) is 0 Å².